The summed E-state index contributed by atoms with van der Waals surface area (Å²) in [5.74, 6) is 0.369. The van der Waals surface area contributed by atoms with Crippen LogP contribution in [-0.2, 0) is 6.42 Å². The number of nitrogens with zero attached hydrogens (tertiary/aromatic N) is 1. The van der Waals surface area contributed by atoms with Crippen molar-refractivity contribution in [2.45, 2.75) is 32.9 Å². The Morgan fingerprint density at radius 1 is 1.21 bits per heavy atom. The van der Waals surface area contributed by atoms with E-state index in [9.17, 15) is 13.2 Å². The molecule has 0 saturated carbocycles. The normalized spacial score (nSPS) is 12.5. The van der Waals surface area contributed by atoms with E-state index in [1.54, 1.807) is 0 Å². The van der Waals surface area contributed by atoms with E-state index in [2.05, 4.69) is 29.5 Å². The van der Waals surface area contributed by atoms with Gasteiger partial charge in [-0.25, -0.2) is 0 Å². The van der Waals surface area contributed by atoms with E-state index in [1.807, 2.05) is 24.3 Å². The van der Waals surface area contributed by atoms with Crippen molar-refractivity contribution < 1.29 is 13.2 Å². The Morgan fingerprint density at radius 2 is 1.88 bits per heavy atom. The van der Waals surface area contributed by atoms with Crippen LogP contribution in [0.5, 0.6) is 0 Å². The fourth-order valence-electron chi connectivity index (χ4n) is 2.13. The van der Waals surface area contributed by atoms with Crippen molar-refractivity contribution in [3.63, 3.8) is 0 Å². The van der Waals surface area contributed by atoms with Gasteiger partial charge >= 0.3 is 6.18 Å². The van der Waals surface area contributed by atoms with Gasteiger partial charge in [-0.3, -0.25) is 4.99 Å². The fraction of sp³-hybridized carbons (Fsp3) is 0.562. The summed E-state index contributed by atoms with van der Waals surface area (Å²) in [6, 6.07) is 7.64. The number of benzene rings is 1. The zero-order chi connectivity index (χ0) is 17.5. The molecule has 2 N–H and O–H groups in total. The number of guanidine groups is 1. The van der Waals surface area contributed by atoms with Gasteiger partial charge in [0.15, 0.2) is 5.96 Å². The Hall–Kier alpha value is -0.700. The summed E-state index contributed by atoms with van der Waals surface area (Å²) >= 11 is 5.98. The van der Waals surface area contributed by atoms with Crippen LogP contribution in [-0.4, -0.2) is 32.3 Å². The number of hydrogen-bond donors (Lipinski definition) is 2. The van der Waals surface area contributed by atoms with Gasteiger partial charge in [-0.1, -0.05) is 37.6 Å². The molecular formula is C16H24ClF3IN3. The van der Waals surface area contributed by atoms with Crippen LogP contribution in [0, 0.1) is 5.41 Å². The summed E-state index contributed by atoms with van der Waals surface area (Å²) in [6.07, 6.45) is -4.27. The van der Waals surface area contributed by atoms with Crippen molar-refractivity contribution in [3.8, 4) is 0 Å². The molecule has 0 fully saturated rings. The monoisotopic (exact) mass is 477 g/mol. The Labute approximate surface area is 163 Å². The minimum atomic E-state index is -4.17. The van der Waals surface area contributed by atoms with E-state index in [0.717, 1.165) is 12.0 Å². The van der Waals surface area contributed by atoms with Crippen molar-refractivity contribution in [1.29, 1.82) is 0 Å². The maximum absolute atomic E-state index is 12.1. The average Bonchev–Trinajstić information content (AvgIpc) is 2.40. The van der Waals surface area contributed by atoms with E-state index in [1.165, 1.54) is 7.05 Å². The lowest BCUT2D eigenvalue weighted by molar-refractivity contribution is -0.132. The van der Waals surface area contributed by atoms with Gasteiger partial charge in [0.25, 0.3) is 0 Å². The molecule has 0 aliphatic carbocycles. The zero-order valence-corrected chi connectivity index (χ0v) is 17.1. The van der Waals surface area contributed by atoms with Gasteiger partial charge in [0.05, 0.1) is 6.42 Å². The highest BCUT2D eigenvalue weighted by atomic mass is 127. The van der Waals surface area contributed by atoms with Gasteiger partial charge in [0, 0.05) is 25.2 Å². The first-order valence-electron chi connectivity index (χ1n) is 7.37. The molecule has 0 radical (unpaired) electrons. The molecule has 1 rings (SSSR count). The summed E-state index contributed by atoms with van der Waals surface area (Å²) in [5.41, 5.74) is 1.01. The highest BCUT2D eigenvalue weighted by Crippen LogP contribution is 2.23. The van der Waals surface area contributed by atoms with Crippen LogP contribution in [0.25, 0.3) is 0 Å². The standard InChI is InChI=1S/C16H23ClF3N3.HI/c1-15(2,10-12-5-4-6-13(17)9-12)11-23-14(21-3)22-8-7-16(18,19)20;/h4-6,9H,7-8,10-11H2,1-3H3,(H2,21,22,23);1H. The lowest BCUT2D eigenvalue weighted by Gasteiger charge is -2.26. The van der Waals surface area contributed by atoms with Crippen LogP contribution < -0.4 is 10.6 Å². The van der Waals surface area contributed by atoms with Crippen LogP contribution in [0.2, 0.25) is 5.02 Å². The van der Waals surface area contributed by atoms with Gasteiger partial charge < -0.3 is 10.6 Å². The topological polar surface area (TPSA) is 36.4 Å². The van der Waals surface area contributed by atoms with Gasteiger partial charge in [0.1, 0.15) is 0 Å². The number of alkyl halides is 3. The predicted octanol–water partition coefficient (Wildman–Crippen LogP) is 4.64. The van der Waals surface area contributed by atoms with Gasteiger partial charge in [-0.2, -0.15) is 13.2 Å². The van der Waals surface area contributed by atoms with Crippen LogP contribution in [0.15, 0.2) is 29.3 Å². The first kappa shape index (κ1) is 23.3. The molecule has 0 aliphatic rings. The van der Waals surface area contributed by atoms with E-state index in [4.69, 9.17) is 11.6 Å². The molecule has 1 aromatic carbocycles. The third-order valence-corrected chi connectivity index (χ3v) is 3.47. The summed E-state index contributed by atoms with van der Waals surface area (Å²) in [5, 5.41) is 6.43. The molecule has 0 spiro atoms. The van der Waals surface area contributed by atoms with Crippen LogP contribution in [0.4, 0.5) is 13.2 Å². The highest BCUT2D eigenvalue weighted by molar-refractivity contribution is 14.0. The molecular weight excluding hydrogens is 454 g/mol. The fourth-order valence-corrected chi connectivity index (χ4v) is 2.34. The predicted molar refractivity (Wildman–Crippen MR) is 104 cm³/mol. The summed E-state index contributed by atoms with van der Waals surface area (Å²) < 4.78 is 36.4. The molecule has 24 heavy (non-hydrogen) atoms. The Balaban J connectivity index is 0.00000529. The van der Waals surface area contributed by atoms with Gasteiger partial charge in [-0.05, 0) is 29.5 Å². The highest BCUT2D eigenvalue weighted by Gasteiger charge is 2.26. The molecule has 8 heteroatoms. The SMILES string of the molecule is CN=C(NCCC(F)(F)F)NCC(C)(C)Cc1cccc(Cl)c1.I. The van der Waals surface area contributed by atoms with Crippen molar-refractivity contribution in [2.24, 2.45) is 10.4 Å². The third kappa shape index (κ3) is 10.2. The molecule has 0 aromatic heterocycles. The lowest BCUT2D eigenvalue weighted by atomic mass is 9.86. The van der Waals surface area contributed by atoms with E-state index >= 15 is 0 Å². The van der Waals surface area contributed by atoms with Crippen molar-refractivity contribution >= 4 is 41.5 Å². The summed E-state index contributed by atoms with van der Waals surface area (Å²) in [6.45, 7) is 4.52. The van der Waals surface area contributed by atoms with Crippen molar-refractivity contribution in [2.75, 3.05) is 20.1 Å². The minimum Gasteiger partial charge on any atom is -0.356 e. The van der Waals surface area contributed by atoms with E-state index < -0.39 is 12.6 Å². The zero-order valence-electron chi connectivity index (χ0n) is 14.0. The molecule has 0 amide bonds. The van der Waals surface area contributed by atoms with E-state index in [0.29, 0.717) is 17.5 Å². The number of nitrogens with one attached hydrogen (secondary N) is 2. The molecule has 0 aliphatic heterocycles. The maximum Gasteiger partial charge on any atom is 0.390 e. The second kappa shape index (κ2) is 10.3. The quantitative estimate of drug-likeness (QED) is 0.356. The molecule has 0 saturated heterocycles. The van der Waals surface area contributed by atoms with Crippen LogP contribution >= 0.6 is 35.6 Å². The average molecular weight is 478 g/mol. The first-order valence-corrected chi connectivity index (χ1v) is 7.75. The molecule has 0 bridgehead atoms. The van der Waals surface area contributed by atoms with Crippen molar-refractivity contribution in [3.05, 3.63) is 34.9 Å². The van der Waals surface area contributed by atoms with Gasteiger partial charge in [0.2, 0.25) is 0 Å². The van der Waals surface area contributed by atoms with Crippen molar-refractivity contribution in [1.82, 2.24) is 10.6 Å². The lowest BCUT2D eigenvalue weighted by Crippen LogP contribution is -2.43. The number of aliphatic imine (C=N–C) groups is 1. The second-order valence-corrected chi connectivity index (χ2v) is 6.63. The maximum atomic E-state index is 12.1. The Bertz CT molecular complexity index is 534. The van der Waals surface area contributed by atoms with E-state index in [-0.39, 0.29) is 35.9 Å². The summed E-state index contributed by atoms with van der Waals surface area (Å²) in [4.78, 5) is 3.94. The molecule has 138 valence electrons. The molecule has 1 aromatic rings. The largest absolute Gasteiger partial charge is 0.390 e. The van der Waals surface area contributed by atoms with Gasteiger partial charge in [-0.15, -0.1) is 24.0 Å². The molecule has 3 nitrogen and oxygen atoms in total. The van der Waals surface area contributed by atoms with Crippen LogP contribution in [0.1, 0.15) is 25.8 Å². The number of rotatable bonds is 6. The minimum absolute atomic E-state index is 0. The number of halogens is 5. The Morgan fingerprint density at radius 3 is 2.42 bits per heavy atom. The summed E-state index contributed by atoms with van der Waals surface area (Å²) in [7, 11) is 1.53. The third-order valence-electron chi connectivity index (χ3n) is 3.23. The molecule has 0 heterocycles. The molecule has 0 unspecified atom stereocenters. The smallest absolute Gasteiger partial charge is 0.356 e. The van der Waals surface area contributed by atoms with Crippen LogP contribution in [0.3, 0.4) is 0 Å². The number of hydrogen-bond acceptors (Lipinski definition) is 1. The second-order valence-electron chi connectivity index (χ2n) is 6.19. The molecule has 0 atom stereocenters. The first-order chi connectivity index (χ1) is 10.6. The Kier molecular flexibility index (Phi) is 10.0.